The predicted molar refractivity (Wildman–Crippen MR) is 195 cm³/mol. The molecule has 262 valence electrons. The first-order valence-electron chi connectivity index (χ1n) is 15.3. The molecule has 2 amide bonds. The van der Waals surface area contributed by atoms with Crippen LogP contribution in [0.25, 0.3) is 33.2 Å². The summed E-state index contributed by atoms with van der Waals surface area (Å²) in [5, 5.41) is 21.5. The molecule has 4 aromatic carbocycles. The van der Waals surface area contributed by atoms with Gasteiger partial charge in [-0.15, -0.1) is 0 Å². The fraction of sp³-hybridized carbons (Fsp3) is 0.118. The third kappa shape index (κ3) is 7.93. The standard InChI is InChI=1S/C34H26Cl2N10O6/c1-15(47)29(31(49)37-19-5-9-25-27(13-19)41-33(51)39-25)45-43-23-7-3-17(11-21(23)35)18-4-8-24(22(36)12-18)44-46-30(16(2)48)32(50)38-20-6-10-26-28(14-20)42-34(52)40-26/h3-14,29-30H,1-2H3,(H,37,49)(H,38,50)(H2,39,41,51)(H2,40,42,52)/b45-43+,46-44+. The molecule has 16 nitrogen and oxygen atoms in total. The van der Waals surface area contributed by atoms with Gasteiger partial charge in [0.2, 0.25) is 12.1 Å². The highest BCUT2D eigenvalue weighted by atomic mass is 35.5. The zero-order valence-corrected chi connectivity index (χ0v) is 28.6. The van der Waals surface area contributed by atoms with Crippen LogP contribution in [-0.4, -0.2) is 55.4 Å². The van der Waals surface area contributed by atoms with E-state index in [-0.39, 0.29) is 21.4 Å². The largest absolute Gasteiger partial charge is 0.324 e. The number of aromatic nitrogens is 4. The van der Waals surface area contributed by atoms with E-state index >= 15 is 0 Å². The molecule has 52 heavy (non-hydrogen) atoms. The maximum Gasteiger partial charge on any atom is 0.323 e. The van der Waals surface area contributed by atoms with Crippen molar-refractivity contribution in [3.05, 3.63) is 104 Å². The summed E-state index contributed by atoms with van der Waals surface area (Å²) in [6.45, 7) is 2.41. The minimum atomic E-state index is -1.47. The highest BCUT2D eigenvalue weighted by Gasteiger charge is 2.25. The molecule has 2 heterocycles. The Kier molecular flexibility index (Phi) is 10.0. The molecule has 2 unspecified atom stereocenters. The number of H-pyrrole nitrogens is 4. The molecule has 0 aliphatic heterocycles. The number of halogens is 2. The molecule has 0 bridgehead atoms. The van der Waals surface area contributed by atoms with E-state index in [4.69, 9.17) is 23.2 Å². The number of rotatable bonds is 11. The van der Waals surface area contributed by atoms with E-state index in [2.05, 4.69) is 51.0 Å². The molecule has 0 aliphatic carbocycles. The number of benzene rings is 4. The number of amides is 2. The second-order valence-electron chi connectivity index (χ2n) is 11.4. The van der Waals surface area contributed by atoms with E-state index in [1.54, 1.807) is 60.7 Å². The number of carbonyl (C=O) groups excluding carboxylic acids is 4. The number of azo groups is 2. The molecular weight excluding hydrogens is 715 g/mol. The number of fused-ring (bicyclic) bond motifs is 2. The minimum Gasteiger partial charge on any atom is -0.324 e. The molecule has 6 rings (SSSR count). The first-order chi connectivity index (χ1) is 24.8. The molecule has 6 aromatic rings. The number of hydrogen-bond acceptors (Lipinski definition) is 10. The van der Waals surface area contributed by atoms with Crippen LogP contribution < -0.4 is 22.0 Å². The smallest absolute Gasteiger partial charge is 0.323 e. The van der Waals surface area contributed by atoms with Crippen molar-refractivity contribution in [2.24, 2.45) is 20.5 Å². The Bertz CT molecular complexity index is 2410. The van der Waals surface area contributed by atoms with Gasteiger partial charge in [-0.05, 0) is 85.6 Å². The van der Waals surface area contributed by atoms with Crippen LogP contribution in [0.2, 0.25) is 10.0 Å². The van der Waals surface area contributed by atoms with Gasteiger partial charge in [-0.25, -0.2) is 9.59 Å². The molecule has 6 N–H and O–H groups in total. The number of Topliss-reactive ketones (excluding diaryl/α,β-unsaturated/α-hetero) is 2. The van der Waals surface area contributed by atoms with Crippen molar-refractivity contribution in [1.29, 1.82) is 0 Å². The Morgan fingerprint density at radius 2 is 0.942 bits per heavy atom. The van der Waals surface area contributed by atoms with Crippen molar-refractivity contribution >= 4 is 91.4 Å². The lowest BCUT2D eigenvalue weighted by molar-refractivity contribution is -0.127. The number of nitrogens with zero attached hydrogens (tertiary/aromatic N) is 4. The highest BCUT2D eigenvalue weighted by molar-refractivity contribution is 6.34. The van der Waals surface area contributed by atoms with Gasteiger partial charge in [0.15, 0.2) is 11.6 Å². The molecule has 0 spiro atoms. The minimum absolute atomic E-state index is 0.169. The van der Waals surface area contributed by atoms with Crippen molar-refractivity contribution < 1.29 is 19.2 Å². The van der Waals surface area contributed by atoms with Gasteiger partial charge in [0.05, 0.1) is 32.1 Å². The number of aromatic amines is 4. The van der Waals surface area contributed by atoms with Crippen molar-refractivity contribution in [3.63, 3.8) is 0 Å². The molecular formula is C34H26Cl2N10O6. The number of nitrogens with one attached hydrogen (secondary N) is 6. The second-order valence-corrected chi connectivity index (χ2v) is 12.3. The molecule has 0 saturated heterocycles. The van der Waals surface area contributed by atoms with E-state index in [0.29, 0.717) is 44.6 Å². The van der Waals surface area contributed by atoms with Crippen molar-refractivity contribution in [2.75, 3.05) is 10.6 Å². The topological polar surface area (TPSA) is 239 Å². The quantitative estimate of drug-likeness (QED) is 0.0652. The van der Waals surface area contributed by atoms with Gasteiger partial charge >= 0.3 is 11.4 Å². The van der Waals surface area contributed by atoms with Gasteiger partial charge in [0, 0.05) is 11.4 Å². The first-order valence-corrected chi connectivity index (χ1v) is 16.1. The summed E-state index contributed by atoms with van der Waals surface area (Å²) in [5.74, 6) is -2.56. The van der Waals surface area contributed by atoms with Crippen LogP contribution in [0.5, 0.6) is 0 Å². The summed E-state index contributed by atoms with van der Waals surface area (Å²) in [6, 6.07) is 16.1. The van der Waals surface area contributed by atoms with E-state index in [0.717, 1.165) is 0 Å². The second kappa shape index (κ2) is 14.8. The first kappa shape index (κ1) is 35.3. The van der Waals surface area contributed by atoms with Crippen LogP contribution in [-0.2, 0) is 19.2 Å². The average Bonchev–Trinajstić information content (AvgIpc) is 3.65. The van der Waals surface area contributed by atoms with E-state index in [9.17, 15) is 28.8 Å². The van der Waals surface area contributed by atoms with Crippen molar-refractivity contribution in [3.8, 4) is 11.1 Å². The fourth-order valence-electron chi connectivity index (χ4n) is 5.05. The van der Waals surface area contributed by atoms with Crippen LogP contribution in [0, 0.1) is 0 Å². The lowest BCUT2D eigenvalue weighted by Crippen LogP contribution is -2.31. The summed E-state index contributed by atoms with van der Waals surface area (Å²) >= 11 is 13.0. The number of ketones is 2. The Morgan fingerprint density at radius 3 is 1.31 bits per heavy atom. The van der Waals surface area contributed by atoms with Crippen LogP contribution >= 0.6 is 23.2 Å². The number of carbonyl (C=O) groups is 4. The average molecular weight is 742 g/mol. The van der Waals surface area contributed by atoms with Gasteiger partial charge in [-0.3, -0.25) is 19.2 Å². The Balaban J connectivity index is 1.13. The zero-order chi connectivity index (χ0) is 37.1. The van der Waals surface area contributed by atoms with Crippen LogP contribution in [0.3, 0.4) is 0 Å². The van der Waals surface area contributed by atoms with E-state index in [1.165, 1.54) is 26.0 Å². The number of hydrogen-bond donors (Lipinski definition) is 6. The number of imidazole rings is 2. The maximum absolute atomic E-state index is 12.9. The molecule has 0 saturated carbocycles. The monoisotopic (exact) mass is 740 g/mol. The summed E-state index contributed by atoms with van der Waals surface area (Å²) in [5.41, 5.74) is 3.60. The fourth-order valence-corrected chi connectivity index (χ4v) is 5.49. The molecule has 18 heteroatoms. The molecule has 0 aliphatic rings. The Morgan fingerprint density at radius 1 is 0.558 bits per heavy atom. The Hall–Kier alpha value is -6.52. The van der Waals surface area contributed by atoms with Crippen LogP contribution in [0.15, 0.2) is 103 Å². The highest BCUT2D eigenvalue weighted by Crippen LogP contribution is 2.35. The summed E-state index contributed by atoms with van der Waals surface area (Å²) in [4.78, 5) is 83.8. The molecule has 0 radical (unpaired) electrons. The molecule has 0 fully saturated rings. The van der Waals surface area contributed by atoms with Gasteiger partial charge in [-0.1, -0.05) is 35.3 Å². The Labute approximate surface area is 301 Å². The normalized spacial score (nSPS) is 12.8. The van der Waals surface area contributed by atoms with E-state index < -0.39 is 46.8 Å². The zero-order valence-electron chi connectivity index (χ0n) is 27.1. The summed E-state index contributed by atoms with van der Waals surface area (Å²) < 4.78 is 0. The lowest BCUT2D eigenvalue weighted by atomic mass is 10.0. The van der Waals surface area contributed by atoms with Gasteiger partial charge in [0.25, 0.3) is 11.8 Å². The van der Waals surface area contributed by atoms with Crippen molar-refractivity contribution in [2.45, 2.75) is 25.9 Å². The van der Waals surface area contributed by atoms with Gasteiger partial charge in [-0.2, -0.15) is 20.5 Å². The van der Waals surface area contributed by atoms with Gasteiger partial charge < -0.3 is 30.6 Å². The van der Waals surface area contributed by atoms with Crippen LogP contribution in [0.4, 0.5) is 22.7 Å². The molecule has 2 atom stereocenters. The van der Waals surface area contributed by atoms with E-state index in [1.807, 2.05) is 0 Å². The third-order valence-electron chi connectivity index (χ3n) is 7.62. The molecule has 2 aromatic heterocycles. The SMILES string of the molecule is CC(=O)C(/N=N/c1ccc(-c2ccc(/N=N/C(C(C)=O)C(=O)Nc3ccc4[nH]c(=O)[nH]c4c3)c(Cl)c2)cc1Cl)C(=O)Nc1ccc2[nH]c(=O)[nH]c2c1. The lowest BCUT2D eigenvalue weighted by Gasteiger charge is -2.10. The van der Waals surface area contributed by atoms with Crippen molar-refractivity contribution in [1.82, 2.24) is 19.9 Å². The third-order valence-corrected chi connectivity index (χ3v) is 8.23. The maximum atomic E-state index is 12.9. The summed E-state index contributed by atoms with van der Waals surface area (Å²) in [6.07, 6.45) is 0. The number of anilines is 2. The summed E-state index contributed by atoms with van der Waals surface area (Å²) in [7, 11) is 0. The predicted octanol–water partition coefficient (Wildman–Crippen LogP) is 6.36. The van der Waals surface area contributed by atoms with Crippen LogP contribution in [0.1, 0.15) is 13.8 Å². The van der Waals surface area contributed by atoms with Gasteiger partial charge in [0.1, 0.15) is 11.4 Å².